The Morgan fingerprint density at radius 1 is 1.37 bits per heavy atom. The summed E-state index contributed by atoms with van der Waals surface area (Å²) in [6.45, 7) is 2.11. The lowest BCUT2D eigenvalue weighted by atomic mass is 10.1. The van der Waals surface area contributed by atoms with Crippen LogP contribution in [-0.2, 0) is 0 Å². The second-order valence-electron chi connectivity index (χ2n) is 4.72. The molecule has 0 atom stereocenters. The van der Waals surface area contributed by atoms with Crippen LogP contribution < -0.4 is 4.74 Å². The summed E-state index contributed by atoms with van der Waals surface area (Å²) in [5, 5.41) is 5.39. The van der Waals surface area contributed by atoms with E-state index < -0.39 is 0 Å². The van der Waals surface area contributed by atoms with Crippen LogP contribution in [0.5, 0.6) is 5.88 Å². The number of para-hydroxylation sites is 1. The Morgan fingerprint density at radius 3 is 2.84 bits per heavy atom. The molecule has 0 N–H and O–H groups in total. The molecule has 1 fully saturated rings. The Kier molecular flexibility index (Phi) is 4.55. The largest absolute Gasteiger partial charge is 0.472 e. The number of likely N-dealkylation sites (tertiary alicyclic amines) is 1. The van der Waals surface area contributed by atoms with Crippen LogP contribution in [0.4, 0.5) is 0 Å². The molecule has 6 heteroatoms. The van der Waals surface area contributed by atoms with Gasteiger partial charge in [0.15, 0.2) is 5.58 Å². The highest BCUT2D eigenvalue weighted by atomic mass is 35.5. The highest BCUT2D eigenvalue weighted by Gasteiger charge is 2.21. The highest BCUT2D eigenvalue weighted by molar-refractivity contribution is 6.34. The Bertz CT molecular complexity index is 551. The van der Waals surface area contributed by atoms with Crippen molar-refractivity contribution >= 4 is 35.0 Å². The van der Waals surface area contributed by atoms with Crippen LogP contribution in [0.3, 0.4) is 0 Å². The van der Waals surface area contributed by atoms with Gasteiger partial charge in [-0.3, -0.25) is 0 Å². The van der Waals surface area contributed by atoms with Gasteiger partial charge in [-0.2, -0.15) is 0 Å². The molecule has 2 aromatic rings. The number of hydrogen-bond acceptors (Lipinski definition) is 4. The van der Waals surface area contributed by atoms with Gasteiger partial charge in [0.25, 0.3) is 5.88 Å². The van der Waals surface area contributed by atoms with Crippen LogP contribution >= 0.6 is 24.0 Å². The number of halogens is 2. The Morgan fingerprint density at radius 2 is 2.11 bits per heavy atom. The topological polar surface area (TPSA) is 38.5 Å². The van der Waals surface area contributed by atoms with Crippen LogP contribution in [0.25, 0.3) is 11.0 Å². The summed E-state index contributed by atoms with van der Waals surface area (Å²) in [7, 11) is 2.13. The van der Waals surface area contributed by atoms with Gasteiger partial charge in [0.2, 0.25) is 0 Å². The van der Waals surface area contributed by atoms with Crippen molar-refractivity contribution in [2.24, 2.45) is 0 Å². The zero-order valence-electron chi connectivity index (χ0n) is 10.6. The highest BCUT2D eigenvalue weighted by Crippen LogP contribution is 2.31. The molecule has 0 bridgehead atoms. The van der Waals surface area contributed by atoms with Gasteiger partial charge in [0.05, 0.1) is 10.4 Å². The Labute approximate surface area is 123 Å². The van der Waals surface area contributed by atoms with Crippen molar-refractivity contribution < 1.29 is 9.26 Å². The van der Waals surface area contributed by atoms with E-state index in [1.54, 1.807) is 6.07 Å². The maximum atomic E-state index is 6.04. The third kappa shape index (κ3) is 2.96. The molecule has 0 amide bonds. The van der Waals surface area contributed by atoms with E-state index >= 15 is 0 Å². The molecule has 1 saturated heterocycles. The van der Waals surface area contributed by atoms with E-state index in [2.05, 4.69) is 17.1 Å². The number of benzene rings is 1. The van der Waals surface area contributed by atoms with Crippen LogP contribution in [0.2, 0.25) is 5.02 Å². The van der Waals surface area contributed by atoms with Gasteiger partial charge in [0, 0.05) is 13.1 Å². The van der Waals surface area contributed by atoms with Gasteiger partial charge in [-0.15, -0.1) is 12.4 Å². The molecule has 19 heavy (non-hydrogen) atoms. The molecular weight excluding hydrogens is 287 g/mol. The molecule has 2 heterocycles. The zero-order chi connectivity index (χ0) is 12.5. The third-order valence-corrected chi connectivity index (χ3v) is 3.66. The molecule has 1 aromatic heterocycles. The van der Waals surface area contributed by atoms with E-state index in [0.717, 1.165) is 31.3 Å². The van der Waals surface area contributed by atoms with E-state index in [-0.39, 0.29) is 18.5 Å². The van der Waals surface area contributed by atoms with Crippen molar-refractivity contribution in [2.45, 2.75) is 18.9 Å². The first-order chi connectivity index (χ1) is 8.74. The molecule has 104 valence electrons. The van der Waals surface area contributed by atoms with E-state index in [1.165, 1.54) is 0 Å². The molecule has 3 rings (SSSR count). The van der Waals surface area contributed by atoms with Crippen molar-refractivity contribution in [1.82, 2.24) is 10.1 Å². The second-order valence-corrected chi connectivity index (χ2v) is 5.13. The number of fused-ring (bicyclic) bond motifs is 1. The van der Waals surface area contributed by atoms with Crippen LogP contribution in [0, 0.1) is 0 Å². The fraction of sp³-hybridized carbons (Fsp3) is 0.462. The van der Waals surface area contributed by atoms with Crippen LogP contribution in [-0.4, -0.2) is 36.3 Å². The van der Waals surface area contributed by atoms with Crippen molar-refractivity contribution in [2.75, 3.05) is 20.1 Å². The predicted octanol–water partition coefficient (Wildman–Crippen LogP) is 3.38. The van der Waals surface area contributed by atoms with Crippen molar-refractivity contribution in [3.05, 3.63) is 23.2 Å². The second kappa shape index (κ2) is 5.99. The van der Waals surface area contributed by atoms with Gasteiger partial charge in [-0.25, -0.2) is 0 Å². The van der Waals surface area contributed by atoms with E-state index in [0.29, 0.717) is 16.5 Å². The number of hydrogen-bond donors (Lipinski definition) is 0. The van der Waals surface area contributed by atoms with Gasteiger partial charge in [0.1, 0.15) is 6.10 Å². The maximum absolute atomic E-state index is 6.04. The first kappa shape index (κ1) is 14.4. The summed E-state index contributed by atoms with van der Waals surface area (Å²) in [5.74, 6) is 0.557. The van der Waals surface area contributed by atoms with Gasteiger partial charge < -0.3 is 14.2 Å². The molecule has 0 unspecified atom stereocenters. The number of nitrogens with zero attached hydrogens (tertiary/aromatic N) is 2. The summed E-state index contributed by atoms with van der Waals surface area (Å²) >= 11 is 6.04. The molecule has 1 aliphatic rings. The minimum atomic E-state index is 0. The lowest BCUT2D eigenvalue weighted by Gasteiger charge is -2.28. The monoisotopic (exact) mass is 302 g/mol. The summed E-state index contributed by atoms with van der Waals surface area (Å²) < 4.78 is 11.1. The van der Waals surface area contributed by atoms with Crippen LogP contribution in [0.15, 0.2) is 22.7 Å². The summed E-state index contributed by atoms with van der Waals surface area (Å²) in [4.78, 5) is 2.30. The molecular formula is C13H16Cl2N2O2. The molecule has 0 saturated carbocycles. The minimum Gasteiger partial charge on any atom is -0.472 e. The predicted molar refractivity (Wildman–Crippen MR) is 77.4 cm³/mol. The summed E-state index contributed by atoms with van der Waals surface area (Å²) in [5.41, 5.74) is 0.599. The lowest BCUT2D eigenvalue weighted by molar-refractivity contribution is 0.107. The summed E-state index contributed by atoms with van der Waals surface area (Å²) in [6, 6.07) is 5.58. The fourth-order valence-electron chi connectivity index (χ4n) is 2.25. The maximum Gasteiger partial charge on any atom is 0.262 e. The average Bonchev–Trinajstić information content (AvgIpc) is 2.77. The lowest BCUT2D eigenvalue weighted by Crippen LogP contribution is -2.35. The molecule has 1 aliphatic heterocycles. The Balaban J connectivity index is 0.00000133. The van der Waals surface area contributed by atoms with Crippen molar-refractivity contribution in [1.29, 1.82) is 0 Å². The standard InChI is InChI=1S/C13H15ClN2O2.ClH/c1-16-7-5-9(6-8-16)17-13-10-3-2-4-11(14)12(10)18-15-13;/h2-4,9H,5-8H2,1H3;1H. The quantitative estimate of drug-likeness (QED) is 0.852. The smallest absolute Gasteiger partial charge is 0.262 e. The molecule has 0 radical (unpaired) electrons. The number of rotatable bonds is 2. The normalized spacial score (nSPS) is 17.4. The molecule has 0 aliphatic carbocycles. The van der Waals surface area contributed by atoms with E-state index in [9.17, 15) is 0 Å². The zero-order valence-corrected chi connectivity index (χ0v) is 12.2. The minimum absolute atomic E-state index is 0. The molecule has 4 nitrogen and oxygen atoms in total. The first-order valence-corrected chi connectivity index (χ1v) is 6.51. The van der Waals surface area contributed by atoms with E-state index in [4.69, 9.17) is 20.9 Å². The molecule has 1 aromatic carbocycles. The fourth-order valence-corrected chi connectivity index (χ4v) is 2.46. The van der Waals surface area contributed by atoms with Crippen LogP contribution in [0.1, 0.15) is 12.8 Å². The third-order valence-electron chi connectivity index (χ3n) is 3.36. The number of ether oxygens (including phenoxy) is 1. The van der Waals surface area contributed by atoms with Crippen molar-refractivity contribution in [3.63, 3.8) is 0 Å². The van der Waals surface area contributed by atoms with E-state index in [1.807, 2.05) is 12.1 Å². The van der Waals surface area contributed by atoms with Crippen molar-refractivity contribution in [3.8, 4) is 5.88 Å². The molecule has 0 spiro atoms. The SMILES string of the molecule is CN1CCC(Oc2noc3c(Cl)cccc23)CC1.Cl. The average molecular weight is 303 g/mol. The number of piperidine rings is 1. The van der Waals surface area contributed by atoms with Gasteiger partial charge >= 0.3 is 0 Å². The van der Waals surface area contributed by atoms with Gasteiger partial charge in [-0.05, 0) is 37.2 Å². The summed E-state index contributed by atoms with van der Waals surface area (Å²) in [6.07, 6.45) is 2.25. The van der Waals surface area contributed by atoms with Gasteiger partial charge in [-0.1, -0.05) is 17.7 Å². The first-order valence-electron chi connectivity index (χ1n) is 6.13. The number of aromatic nitrogens is 1. The Hall–Kier alpha value is -0.970.